The maximum atomic E-state index is 12.6. The Kier molecular flexibility index (Phi) is 6.80. The van der Waals surface area contributed by atoms with Gasteiger partial charge in [-0.15, -0.1) is 0 Å². The van der Waals surface area contributed by atoms with E-state index in [4.69, 9.17) is 4.74 Å². The molecule has 1 aromatic rings. The highest BCUT2D eigenvalue weighted by molar-refractivity contribution is 6.08. The van der Waals surface area contributed by atoms with E-state index in [1.54, 1.807) is 11.8 Å². The van der Waals surface area contributed by atoms with Crippen LogP contribution in [0.25, 0.3) is 0 Å². The number of nitrogens with zero attached hydrogens (tertiary/aromatic N) is 2. The zero-order valence-corrected chi connectivity index (χ0v) is 16.0. The third kappa shape index (κ3) is 4.25. The summed E-state index contributed by atoms with van der Waals surface area (Å²) in [6.45, 7) is 5.41. The second kappa shape index (κ2) is 8.85. The molecule has 1 heterocycles. The number of amides is 1. The molecule has 0 saturated heterocycles. The quantitative estimate of drug-likeness (QED) is 0.733. The van der Waals surface area contributed by atoms with E-state index in [2.05, 4.69) is 0 Å². The maximum absolute atomic E-state index is 12.6. The molecule has 0 saturated carbocycles. The minimum Gasteiger partial charge on any atom is -0.503 e. The average Bonchev–Trinajstić information content (AvgIpc) is 2.88. The topological polar surface area (TPSA) is 70.1 Å². The van der Waals surface area contributed by atoms with E-state index in [0.29, 0.717) is 25.4 Å². The van der Waals surface area contributed by atoms with Gasteiger partial charge in [0.15, 0.2) is 11.5 Å². The van der Waals surface area contributed by atoms with Crippen LogP contribution in [0.3, 0.4) is 0 Å². The summed E-state index contributed by atoms with van der Waals surface area (Å²) < 4.78 is 5.69. The van der Waals surface area contributed by atoms with E-state index in [0.717, 1.165) is 12.0 Å². The van der Waals surface area contributed by atoms with Crippen molar-refractivity contribution in [2.75, 3.05) is 33.8 Å². The zero-order chi connectivity index (χ0) is 19.3. The normalized spacial score (nSPS) is 17.3. The van der Waals surface area contributed by atoms with E-state index < -0.39 is 17.7 Å². The maximum Gasteiger partial charge on any atom is 0.290 e. The lowest BCUT2D eigenvalue weighted by atomic mass is 9.95. The van der Waals surface area contributed by atoms with Gasteiger partial charge in [-0.25, -0.2) is 0 Å². The number of aliphatic hydroxyl groups is 1. The second-order valence-electron chi connectivity index (χ2n) is 6.66. The van der Waals surface area contributed by atoms with Gasteiger partial charge in [-0.05, 0) is 38.2 Å². The molecule has 0 aromatic heterocycles. The molecular formula is C20H28N2O4. The van der Waals surface area contributed by atoms with Crippen LogP contribution < -0.4 is 4.74 Å². The summed E-state index contributed by atoms with van der Waals surface area (Å²) in [5.41, 5.74) is 0.954. The summed E-state index contributed by atoms with van der Waals surface area (Å²) in [6, 6.07) is 6.82. The van der Waals surface area contributed by atoms with Crippen molar-refractivity contribution < 1.29 is 19.4 Å². The van der Waals surface area contributed by atoms with Gasteiger partial charge in [0.05, 0.1) is 18.2 Å². The minimum absolute atomic E-state index is 0.184. The number of ether oxygens (including phenoxy) is 1. The molecule has 1 amide bonds. The lowest BCUT2D eigenvalue weighted by molar-refractivity contribution is -0.129. The number of aliphatic hydroxyl groups excluding tert-OH is 1. The summed E-state index contributed by atoms with van der Waals surface area (Å²) in [7, 11) is 3.83. The fraction of sp³-hybridized carbons (Fsp3) is 0.500. The van der Waals surface area contributed by atoms with Crippen molar-refractivity contribution in [1.29, 1.82) is 0 Å². The first kappa shape index (κ1) is 20.0. The van der Waals surface area contributed by atoms with Gasteiger partial charge in [-0.3, -0.25) is 9.59 Å². The Bertz CT molecular complexity index is 697. The highest BCUT2D eigenvalue weighted by Crippen LogP contribution is 2.38. The van der Waals surface area contributed by atoms with Gasteiger partial charge in [0.1, 0.15) is 5.75 Å². The molecule has 0 radical (unpaired) electrons. The van der Waals surface area contributed by atoms with Crippen molar-refractivity contribution in [2.24, 2.45) is 0 Å². The number of benzene rings is 1. The van der Waals surface area contributed by atoms with Crippen LogP contribution in [0.4, 0.5) is 0 Å². The second-order valence-corrected chi connectivity index (χ2v) is 6.66. The highest BCUT2D eigenvalue weighted by Gasteiger charge is 2.42. The van der Waals surface area contributed by atoms with Gasteiger partial charge >= 0.3 is 0 Å². The molecule has 0 aliphatic carbocycles. The molecule has 1 aromatic carbocycles. The van der Waals surface area contributed by atoms with Crippen LogP contribution in [0.5, 0.6) is 5.75 Å². The molecule has 142 valence electrons. The molecule has 0 fully saturated rings. The summed E-state index contributed by atoms with van der Waals surface area (Å²) in [4.78, 5) is 28.6. The van der Waals surface area contributed by atoms with Crippen LogP contribution in [0.15, 0.2) is 35.6 Å². The van der Waals surface area contributed by atoms with Gasteiger partial charge in [-0.2, -0.15) is 0 Å². The molecule has 6 nitrogen and oxygen atoms in total. The van der Waals surface area contributed by atoms with Crippen LogP contribution >= 0.6 is 0 Å². The zero-order valence-electron chi connectivity index (χ0n) is 16.0. The van der Waals surface area contributed by atoms with Gasteiger partial charge in [0, 0.05) is 19.5 Å². The van der Waals surface area contributed by atoms with Crippen LogP contribution in [0, 0.1) is 0 Å². The molecule has 1 aliphatic heterocycles. The van der Waals surface area contributed by atoms with Crippen molar-refractivity contribution >= 4 is 11.7 Å². The lowest BCUT2D eigenvalue weighted by Crippen LogP contribution is -2.36. The Morgan fingerprint density at radius 2 is 2.04 bits per heavy atom. The van der Waals surface area contributed by atoms with Crippen molar-refractivity contribution in [1.82, 2.24) is 9.80 Å². The molecule has 1 N–H and O–H groups in total. The number of likely N-dealkylation sites (N-methyl/N-ethyl adjacent to an activating group) is 1. The van der Waals surface area contributed by atoms with Crippen molar-refractivity contribution in [3.63, 3.8) is 0 Å². The molecule has 1 atom stereocenters. The molecule has 26 heavy (non-hydrogen) atoms. The van der Waals surface area contributed by atoms with Crippen molar-refractivity contribution in [3.05, 3.63) is 41.2 Å². The first-order valence-corrected chi connectivity index (χ1v) is 9.05. The third-order valence-corrected chi connectivity index (χ3v) is 4.36. The Morgan fingerprint density at radius 3 is 2.65 bits per heavy atom. The highest BCUT2D eigenvalue weighted by atomic mass is 16.5. The first-order chi connectivity index (χ1) is 12.4. The average molecular weight is 360 g/mol. The van der Waals surface area contributed by atoms with Crippen LogP contribution in [-0.4, -0.2) is 60.4 Å². The summed E-state index contributed by atoms with van der Waals surface area (Å²) in [6.07, 6.45) is 1.12. The molecule has 1 aliphatic rings. The van der Waals surface area contributed by atoms with Crippen molar-refractivity contribution in [3.8, 4) is 5.75 Å². The minimum atomic E-state index is -0.583. The standard InChI is InChI=1S/C20H28N2O4/c1-5-12-26-15-9-7-8-14(13-15)18-17(16(23)6-2)19(24)20(25)22(18)11-10-21(3)4/h7-9,13,18,24H,5-6,10-12H2,1-4H3. The Morgan fingerprint density at radius 1 is 1.31 bits per heavy atom. The van der Waals surface area contributed by atoms with Gasteiger partial charge in [0.25, 0.3) is 5.91 Å². The Balaban J connectivity index is 2.43. The smallest absolute Gasteiger partial charge is 0.290 e. The number of hydrogen-bond donors (Lipinski definition) is 1. The molecule has 2 rings (SSSR count). The van der Waals surface area contributed by atoms with Gasteiger partial charge in [0.2, 0.25) is 0 Å². The monoisotopic (exact) mass is 360 g/mol. The van der Waals surface area contributed by atoms with E-state index in [1.807, 2.05) is 50.2 Å². The van der Waals surface area contributed by atoms with Gasteiger partial charge < -0.3 is 19.6 Å². The lowest BCUT2D eigenvalue weighted by Gasteiger charge is -2.28. The SMILES string of the molecule is CCCOc1cccc(C2C(C(=O)CC)=C(O)C(=O)N2CCN(C)C)c1. The van der Waals surface area contributed by atoms with Crippen LogP contribution in [0.2, 0.25) is 0 Å². The third-order valence-electron chi connectivity index (χ3n) is 4.36. The number of hydrogen-bond acceptors (Lipinski definition) is 5. The number of carbonyl (C=O) groups is 2. The predicted octanol–water partition coefficient (Wildman–Crippen LogP) is 2.71. The summed E-state index contributed by atoms with van der Waals surface area (Å²) in [5.74, 6) is -0.443. The first-order valence-electron chi connectivity index (χ1n) is 9.05. The van der Waals surface area contributed by atoms with E-state index >= 15 is 0 Å². The van der Waals surface area contributed by atoms with Gasteiger partial charge in [-0.1, -0.05) is 26.0 Å². The summed E-state index contributed by atoms with van der Waals surface area (Å²) >= 11 is 0. The largest absolute Gasteiger partial charge is 0.503 e. The van der Waals surface area contributed by atoms with E-state index in [9.17, 15) is 14.7 Å². The molecule has 0 bridgehead atoms. The van der Waals surface area contributed by atoms with Crippen molar-refractivity contribution in [2.45, 2.75) is 32.7 Å². The fourth-order valence-electron chi connectivity index (χ4n) is 3.01. The van der Waals surface area contributed by atoms with Crippen LogP contribution in [0.1, 0.15) is 38.3 Å². The number of Topliss-reactive ketones (excluding diaryl/α,β-unsaturated/α-hetero) is 1. The van der Waals surface area contributed by atoms with E-state index in [-0.39, 0.29) is 17.8 Å². The fourth-order valence-corrected chi connectivity index (χ4v) is 3.01. The number of carbonyl (C=O) groups excluding carboxylic acids is 2. The van der Waals surface area contributed by atoms with Crippen LogP contribution in [-0.2, 0) is 9.59 Å². The number of ketones is 1. The predicted molar refractivity (Wildman–Crippen MR) is 100 cm³/mol. The van der Waals surface area contributed by atoms with E-state index in [1.165, 1.54) is 0 Å². The molecule has 6 heteroatoms. The number of rotatable bonds is 9. The molecular weight excluding hydrogens is 332 g/mol. The molecule has 1 unspecified atom stereocenters. The Labute approximate surface area is 155 Å². The summed E-state index contributed by atoms with van der Waals surface area (Å²) in [5, 5.41) is 10.4. The molecule has 0 spiro atoms. The Hall–Kier alpha value is -2.34.